The van der Waals surface area contributed by atoms with Crippen LogP contribution in [0.25, 0.3) is 10.9 Å². The number of hydrogen-bond acceptors (Lipinski definition) is 6. The van der Waals surface area contributed by atoms with E-state index in [1.54, 1.807) is 24.3 Å². The Balaban J connectivity index is 1.51. The van der Waals surface area contributed by atoms with E-state index in [-0.39, 0.29) is 5.56 Å². The molecule has 32 heavy (non-hydrogen) atoms. The van der Waals surface area contributed by atoms with Crippen LogP contribution in [-0.2, 0) is 6.54 Å². The van der Waals surface area contributed by atoms with E-state index in [0.29, 0.717) is 52.4 Å². The smallest absolute Gasteiger partial charge is 0.253 e. The second-order valence-electron chi connectivity index (χ2n) is 7.96. The minimum Gasteiger partial charge on any atom is -0.495 e. The molecular weight excluding hydrogens is 428 g/mol. The molecule has 4 rings (SSSR count). The summed E-state index contributed by atoms with van der Waals surface area (Å²) in [4.78, 5) is 17.9. The Labute approximate surface area is 191 Å². The van der Waals surface area contributed by atoms with E-state index in [1.807, 2.05) is 12.1 Å². The largest absolute Gasteiger partial charge is 0.495 e. The third-order valence-electron chi connectivity index (χ3n) is 5.88. The lowest BCUT2D eigenvalue weighted by molar-refractivity contribution is 0.198. The first-order chi connectivity index (χ1) is 15.5. The van der Waals surface area contributed by atoms with Crippen LogP contribution in [0.1, 0.15) is 24.0 Å². The van der Waals surface area contributed by atoms with Crippen molar-refractivity contribution >= 4 is 28.2 Å². The summed E-state index contributed by atoms with van der Waals surface area (Å²) in [5.74, 6) is 1.05. The SMILES string of the molecule is COc1cc(NCc2cc3cc(Cl)c(OC[C@@H]4CCCN4C)cc3[nH]c2=O)ccc1C#N. The lowest BCUT2D eigenvalue weighted by Gasteiger charge is -2.20. The molecule has 0 aliphatic carbocycles. The maximum Gasteiger partial charge on any atom is 0.253 e. The van der Waals surface area contributed by atoms with Gasteiger partial charge in [-0.15, -0.1) is 0 Å². The Kier molecular flexibility index (Phi) is 6.54. The van der Waals surface area contributed by atoms with Crippen molar-refractivity contribution in [3.63, 3.8) is 0 Å². The van der Waals surface area contributed by atoms with Gasteiger partial charge in [0.25, 0.3) is 5.56 Å². The van der Waals surface area contributed by atoms with Gasteiger partial charge in [-0.25, -0.2) is 0 Å². The second-order valence-corrected chi connectivity index (χ2v) is 8.37. The Hall–Kier alpha value is -3.21. The quantitative estimate of drug-likeness (QED) is 0.559. The van der Waals surface area contributed by atoms with Gasteiger partial charge >= 0.3 is 0 Å². The normalized spacial score (nSPS) is 16.1. The molecule has 0 amide bonds. The number of anilines is 1. The lowest BCUT2D eigenvalue weighted by atomic mass is 10.1. The van der Waals surface area contributed by atoms with Gasteiger partial charge in [0.2, 0.25) is 0 Å². The third kappa shape index (κ3) is 4.67. The molecule has 0 bridgehead atoms. The van der Waals surface area contributed by atoms with E-state index in [1.165, 1.54) is 13.5 Å². The first-order valence-electron chi connectivity index (χ1n) is 10.5. The molecule has 7 nitrogen and oxygen atoms in total. The summed E-state index contributed by atoms with van der Waals surface area (Å²) in [5.41, 5.74) is 2.26. The van der Waals surface area contributed by atoms with E-state index in [9.17, 15) is 4.79 Å². The van der Waals surface area contributed by atoms with Gasteiger partial charge in [-0.1, -0.05) is 11.6 Å². The van der Waals surface area contributed by atoms with Gasteiger partial charge in [0.1, 0.15) is 24.2 Å². The minimum absolute atomic E-state index is 0.186. The number of aromatic amines is 1. The number of nitrogens with zero attached hydrogens (tertiary/aromatic N) is 2. The van der Waals surface area contributed by atoms with Crippen molar-refractivity contribution in [1.29, 1.82) is 5.26 Å². The van der Waals surface area contributed by atoms with Gasteiger partial charge in [0.15, 0.2) is 0 Å². The molecule has 3 aromatic rings. The number of likely N-dealkylation sites (tertiary alicyclic amines) is 1. The van der Waals surface area contributed by atoms with Gasteiger partial charge in [0.05, 0.1) is 23.2 Å². The van der Waals surface area contributed by atoms with Crippen LogP contribution in [0.2, 0.25) is 5.02 Å². The molecule has 0 unspecified atom stereocenters. The molecule has 166 valence electrons. The molecule has 1 aromatic heterocycles. The fourth-order valence-electron chi connectivity index (χ4n) is 3.96. The average molecular weight is 453 g/mol. The first kappa shape index (κ1) is 22.0. The van der Waals surface area contributed by atoms with Crippen LogP contribution in [0.4, 0.5) is 5.69 Å². The van der Waals surface area contributed by atoms with Crippen molar-refractivity contribution in [2.45, 2.75) is 25.4 Å². The summed E-state index contributed by atoms with van der Waals surface area (Å²) in [6.07, 6.45) is 2.29. The number of ether oxygens (including phenoxy) is 2. The molecule has 2 N–H and O–H groups in total. The van der Waals surface area contributed by atoms with E-state index >= 15 is 0 Å². The molecule has 0 spiro atoms. The van der Waals surface area contributed by atoms with Crippen LogP contribution >= 0.6 is 11.6 Å². The number of H-pyrrole nitrogens is 1. The van der Waals surface area contributed by atoms with Gasteiger partial charge in [0, 0.05) is 41.4 Å². The second kappa shape index (κ2) is 9.51. The number of nitrogens with one attached hydrogen (secondary N) is 2. The van der Waals surface area contributed by atoms with Gasteiger partial charge in [-0.3, -0.25) is 4.79 Å². The van der Waals surface area contributed by atoms with Gasteiger partial charge in [-0.05, 0) is 50.7 Å². The highest BCUT2D eigenvalue weighted by Crippen LogP contribution is 2.30. The maximum absolute atomic E-state index is 12.6. The van der Waals surface area contributed by atoms with E-state index in [4.69, 9.17) is 26.3 Å². The van der Waals surface area contributed by atoms with Crippen LogP contribution in [0.3, 0.4) is 0 Å². The molecule has 1 fully saturated rings. The molecule has 1 aliphatic heterocycles. The molecule has 2 heterocycles. The Morgan fingerprint density at radius 3 is 2.84 bits per heavy atom. The number of hydrogen-bond donors (Lipinski definition) is 2. The topological polar surface area (TPSA) is 90.4 Å². The number of aromatic nitrogens is 1. The van der Waals surface area contributed by atoms with Crippen LogP contribution in [0.5, 0.6) is 11.5 Å². The molecular formula is C24H25ClN4O3. The number of fused-ring (bicyclic) bond motifs is 1. The zero-order valence-electron chi connectivity index (χ0n) is 18.1. The zero-order valence-corrected chi connectivity index (χ0v) is 18.8. The maximum atomic E-state index is 12.6. The summed E-state index contributed by atoms with van der Waals surface area (Å²) in [5, 5.41) is 13.7. The third-order valence-corrected chi connectivity index (χ3v) is 6.18. The standard InChI is InChI=1S/C24H25ClN4O3/c1-29-7-3-4-19(29)14-32-23-11-21-16(9-20(23)25)8-17(24(30)28-21)13-27-18-6-5-15(12-26)22(10-18)31-2/h5-6,8-11,19,27H,3-4,7,13-14H2,1-2H3,(H,28,30)/t19-/m0/s1. The van der Waals surface area contributed by atoms with Crippen molar-refractivity contribution in [1.82, 2.24) is 9.88 Å². The van der Waals surface area contributed by atoms with E-state index in [0.717, 1.165) is 24.0 Å². The van der Waals surface area contributed by atoms with Crippen molar-refractivity contribution in [3.8, 4) is 17.6 Å². The fraction of sp³-hybridized carbons (Fsp3) is 0.333. The summed E-state index contributed by atoms with van der Waals surface area (Å²) in [7, 11) is 3.62. The van der Waals surface area contributed by atoms with Crippen molar-refractivity contribution in [2.24, 2.45) is 0 Å². The molecule has 0 saturated carbocycles. The van der Waals surface area contributed by atoms with E-state index in [2.05, 4.69) is 28.3 Å². The van der Waals surface area contributed by atoms with Gasteiger partial charge < -0.3 is 24.7 Å². The fourth-order valence-corrected chi connectivity index (χ4v) is 4.19. The lowest BCUT2D eigenvalue weighted by Crippen LogP contribution is -2.30. The highest BCUT2D eigenvalue weighted by molar-refractivity contribution is 6.32. The minimum atomic E-state index is -0.186. The first-order valence-corrected chi connectivity index (χ1v) is 10.9. The number of pyridine rings is 1. The highest BCUT2D eigenvalue weighted by Gasteiger charge is 2.21. The molecule has 2 aromatic carbocycles. The summed E-state index contributed by atoms with van der Waals surface area (Å²) < 4.78 is 11.2. The number of likely N-dealkylation sites (N-methyl/N-ethyl adjacent to an activating group) is 1. The summed E-state index contributed by atoms with van der Waals surface area (Å²) >= 11 is 6.47. The highest BCUT2D eigenvalue weighted by atomic mass is 35.5. The predicted octanol–water partition coefficient (Wildman–Crippen LogP) is 4.15. The van der Waals surface area contributed by atoms with Crippen molar-refractivity contribution in [2.75, 3.05) is 32.6 Å². The Morgan fingerprint density at radius 2 is 2.12 bits per heavy atom. The van der Waals surface area contributed by atoms with Crippen LogP contribution in [0, 0.1) is 11.3 Å². The van der Waals surface area contributed by atoms with Crippen LogP contribution in [-0.4, -0.2) is 43.2 Å². The van der Waals surface area contributed by atoms with Crippen molar-refractivity contribution < 1.29 is 9.47 Å². The van der Waals surface area contributed by atoms with Crippen molar-refractivity contribution in [3.05, 3.63) is 62.9 Å². The number of rotatable bonds is 7. The molecule has 1 saturated heterocycles. The summed E-state index contributed by atoms with van der Waals surface area (Å²) in [6, 6.07) is 13.1. The summed E-state index contributed by atoms with van der Waals surface area (Å²) in [6.45, 7) is 1.96. The zero-order chi connectivity index (χ0) is 22.7. The molecule has 8 heteroatoms. The molecule has 1 atom stereocenters. The van der Waals surface area contributed by atoms with Crippen LogP contribution < -0.4 is 20.3 Å². The number of benzene rings is 2. The monoisotopic (exact) mass is 452 g/mol. The Morgan fingerprint density at radius 1 is 1.28 bits per heavy atom. The van der Waals surface area contributed by atoms with E-state index < -0.39 is 0 Å². The number of halogens is 1. The predicted molar refractivity (Wildman–Crippen MR) is 126 cm³/mol. The Bertz CT molecular complexity index is 1230. The number of nitriles is 1. The molecule has 0 radical (unpaired) electrons. The van der Waals surface area contributed by atoms with Crippen LogP contribution in [0.15, 0.2) is 41.2 Å². The molecule has 1 aliphatic rings. The number of methoxy groups -OCH3 is 1. The van der Waals surface area contributed by atoms with Gasteiger partial charge in [-0.2, -0.15) is 5.26 Å². The average Bonchev–Trinajstić information content (AvgIpc) is 3.21.